The fourth-order valence-electron chi connectivity index (χ4n) is 4.47. The van der Waals surface area contributed by atoms with Crippen molar-refractivity contribution in [1.82, 2.24) is 4.90 Å². The Morgan fingerprint density at radius 2 is 1.88 bits per heavy atom. The van der Waals surface area contributed by atoms with Gasteiger partial charge in [-0.15, -0.1) is 0 Å². The van der Waals surface area contributed by atoms with Crippen molar-refractivity contribution >= 4 is 17.8 Å². The van der Waals surface area contributed by atoms with Crippen LogP contribution in [0, 0.1) is 17.3 Å². The van der Waals surface area contributed by atoms with E-state index < -0.39 is 11.4 Å². The fraction of sp³-hybridized carbons (Fsp3) is 0.842. The molecule has 2 heterocycles. The monoisotopic (exact) mass is 367 g/mol. The van der Waals surface area contributed by atoms with Gasteiger partial charge < -0.3 is 25.4 Å². The zero-order valence-electron chi connectivity index (χ0n) is 16.3. The van der Waals surface area contributed by atoms with Crippen LogP contribution in [-0.4, -0.2) is 54.9 Å². The molecule has 148 valence electrons. The summed E-state index contributed by atoms with van der Waals surface area (Å²) in [7, 11) is 0. The second-order valence-electron chi connectivity index (χ2n) is 8.93. The minimum absolute atomic E-state index is 0.0260. The molecule has 4 atom stereocenters. The Balaban J connectivity index is 2.02. The lowest BCUT2D eigenvalue weighted by molar-refractivity contribution is -0.903. The van der Waals surface area contributed by atoms with E-state index in [4.69, 9.17) is 5.73 Å². The van der Waals surface area contributed by atoms with Gasteiger partial charge in [0, 0.05) is 43.7 Å². The van der Waals surface area contributed by atoms with Crippen molar-refractivity contribution in [2.75, 3.05) is 26.2 Å². The summed E-state index contributed by atoms with van der Waals surface area (Å²) in [4.78, 5) is 38.4. The van der Waals surface area contributed by atoms with Crippen molar-refractivity contribution in [1.29, 1.82) is 0 Å². The maximum atomic E-state index is 12.6. The third-order valence-electron chi connectivity index (χ3n) is 5.91. The number of nitrogens with two attached hydrogens (primary N) is 1. The number of rotatable bonds is 6. The zero-order chi connectivity index (χ0) is 19.5. The van der Waals surface area contributed by atoms with Gasteiger partial charge in [0.1, 0.15) is 0 Å². The lowest BCUT2D eigenvalue weighted by Crippen LogP contribution is -3.15. The summed E-state index contributed by atoms with van der Waals surface area (Å²) in [6.45, 7) is 8.62. The number of hydrogen-bond donors (Lipinski definition) is 2. The average Bonchev–Trinajstić information content (AvgIpc) is 3.00. The van der Waals surface area contributed by atoms with Gasteiger partial charge in [0.2, 0.25) is 5.91 Å². The van der Waals surface area contributed by atoms with E-state index >= 15 is 0 Å². The summed E-state index contributed by atoms with van der Waals surface area (Å²) in [5.74, 6) is -1.03. The van der Waals surface area contributed by atoms with Gasteiger partial charge in [0.05, 0.1) is 13.1 Å². The summed E-state index contributed by atoms with van der Waals surface area (Å²) in [5, 5.41) is 11.1. The van der Waals surface area contributed by atoms with Gasteiger partial charge in [-0.1, -0.05) is 20.8 Å². The minimum atomic E-state index is -1.03. The molecule has 0 aromatic heterocycles. The van der Waals surface area contributed by atoms with E-state index in [0.717, 1.165) is 32.4 Å². The number of carbonyl (C=O) groups is 3. The summed E-state index contributed by atoms with van der Waals surface area (Å²) in [5.41, 5.74) is 5.06. The maximum Gasteiger partial charge on any atom is 0.275 e. The van der Waals surface area contributed by atoms with Gasteiger partial charge in [0.15, 0.2) is 6.04 Å². The molecule has 0 aromatic rings. The first-order valence-electron chi connectivity index (χ1n) is 9.72. The molecule has 7 nitrogen and oxygen atoms in total. The zero-order valence-corrected chi connectivity index (χ0v) is 16.3. The molecule has 26 heavy (non-hydrogen) atoms. The number of aliphatic carboxylic acids is 1. The van der Waals surface area contributed by atoms with Crippen LogP contribution in [0.2, 0.25) is 0 Å². The van der Waals surface area contributed by atoms with E-state index in [1.165, 1.54) is 4.90 Å². The molecule has 0 bridgehead atoms. The van der Waals surface area contributed by atoms with Crippen molar-refractivity contribution in [3.63, 3.8) is 0 Å². The Morgan fingerprint density at radius 1 is 1.19 bits per heavy atom. The van der Waals surface area contributed by atoms with Gasteiger partial charge in [-0.05, 0) is 24.7 Å². The highest BCUT2D eigenvalue weighted by Crippen LogP contribution is 2.31. The first kappa shape index (κ1) is 20.7. The molecule has 7 heteroatoms. The Morgan fingerprint density at radius 3 is 2.46 bits per heavy atom. The molecule has 2 fully saturated rings. The van der Waals surface area contributed by atoms with E-state index in [-0.39, 0.29) is 36.1 Å². The van der Waals surface area contributed by atoms with Crippen molar-refractivity contribution < 1.29 is 24.4 Å². The quantitative estimate of drug-likeness (QED) is 0.599. The van der Waals surface area contributed by atoms with Gasteiger partial charge in [-0.3, -0.25) is 9.59 Å². The van der Waals surface area contributed by atoms with Crippen molar-refractivity contribution in [3.05, 3.63) is 0 Å². The van der Waals surface area contributed by atoms with Crippen LogP contribution in [0.5, 0.6) is 0 Å². The number of primary amides is 1. The van der Waals surface area contributed by atoms with Crippen LogP contribution in [-0.2, 0) is 14.4 Å². The molecule has 0 spiro atoms. The summed E-state index contributed by atoms with van der Waals surface area (Å²) in [6, 6.07) is -0.134. The first-order valence-corrected chi connectivity index (χ1v) is 9.72. The highest BCUT2D eigenvalue weighted by molar-refractivity contribution is 5.81. The Hall–Kier alpha value is -1.63. The first-order chi connectivity index (χ1) is 12.1. The molecule has 0 aliphatic carbocycles. The molecular weight excluding hydrogens is 334 g/mol. The normalized spacial score (nSPS) is 29.6. The van der Waals surface area contributed by atoms with Crippen molar-refractivity contribution in [3.8, 4) is 0 Å². The molecule has 2 aliphatic rings. The van der Waals surface area contributed by atoms with E-state index in [0.29, 0.717) is 19.5 Å². The van der Waals surface area contributed by atoms with Crippen LogP contribution >= 0.6 is 0 Å². The molecule has 2 saturated heterocycles. The van der Waals surface area contributed by atoms with E-state index in [1.54, 1.807) is 0 Å². The topological polar surface area (TPSA) is 108 Å². The summed E-state index contributed by atoms with van der Waals surface area (Å²) >= 11 is 0. The number of carbonyl (C=O) groups excluding carboxylic acids is 3. The second-order valence-corrected chi connectivity index (χ2v) is 8.93. The number of piperidine rings is 1. The summed E-state index contributed by atoms with van der Waals surface area (Å²) in [6.07, 6.45) is 3.34. The third kappa shape index (κ3) is 5.19. The number of amides is 2. The molecule has 2 amide bonds. The van der Waals surface area contributed by atoms with Crippen molar-refractivity contribution in [2.45, 2.75) is 58.9 Å². The number of carboxylic acids is 1. The van der Waals surface area contributed by atoms with Crippen LogP contribution < -0.4 is 15.7 Å². The minimum Gasteiger partial charge on any atom is -0.550 e. The van der Waals surface area contributed by atoms with Crippen LogP contribution in [0.3, 0.4) is 0 Å². The van der Waals surface area contributed by atoms with E-state index in [1.807, 2.05) is 25.7 Å². The molecule has 1 unspecified atom stereocenters. The molecule has 3 N–H and O–H groups in total. The predicted octanol–water partition coefficient (Wildman–Crippen LogP) is -1.44. The molecule has 0 saturated carbocycles. The third-order valence-corrected chi connectivity index (χ3v) is 5.91. The van der Waals surface area contributed by atoms with Gasteiger partial charge in [-0.2, -0.15) is 0 Å². The molecule has 0 aromatic carbocycles. The van der Waals surface area contributed by atoms with Gasteiger partial charge >= 0.3 is 0 Å². The largest absolute Gasteiger partial charge is 0.550 e. The van der Waals surface area contributed by atoms with Crippen LogP contribution in [0.25, 0.3) is 0 Å². The Kier molecular flexibility index (Phi) is 6.66. The molecule has 2 rings (SSSR count). The predicted molar refractivity (Wildman–Crippen MR) is 94.8 cm³/mol. The maximum absolute atomic E-state index is 12.6. The molecule has 0 radical (unpaired) electrons. The lowest BCUT2D eigenvalue weighted by Gasteiger charge is -2.41. The summed E-state index contributed by atoms with van der Waals surface area (Å²) < 4.78 is 0. The molecular formula is C19H33N3O4. The van der Waals surface area contributed by atoms with Crippen LogP contribution in [0.1, 0.15) is 52.9 Å². The highest BCUT2D eigenvalue weighted by Gasteiger charge is 2.38. The van der Waals surface area contributed by atoms with Crippen LogP contribution in [0.15, 0.2) is 0 Å². The van der Waals surface area contributed by atoms with Crippen molar-refractivity contribution in [2.24, 2.45) is 23.0 Å². The number of nitrogens with zero attached hydrogens (tertiary/aromatic N) is 1. The number of quaternary nitrogens is 1. The van der Waals surface area contributed by atoms with Crippen LogP contribution in [0.4, 0.5) is 0 Å². The molecule has 2 aliphatic heterocycles. The highest BCUT2D eigenvalue weighted by atomic mass is 16.4. The Bertz CT molecular complexity index is 543. The standard InChI is InChI=1S/C19H33N3O4/c1-19(2,3)18(26)22-10-6-13(11-16(23)24)14(12-22)7-9-21-8-4-5-15(21)17(20)25/h13-15H,4-12H2,1-3H3,(H2,20,25)(H,23,24)/t13-,14-,15-/m0/s1. The fourth-order valence-corrected chi connectivity index (χ4v) is 4.47. The number of nitrogens with one attached hydrogen (secondary N) is 1. The smallest absolute Gasteiger partial charge is 0.275 e. The number of carboxylic acid groups (broad SMARTS) is 1. The second kappa shape index (κ2) is 8.37. The SMILES string of the molecule is CC(C)(C)C(=O)N1CC[C@@H](CC(=O)[O-])[C@@H](CC[NH+]2CCC[C@H]2C(N)=O)C1. The number of likely N-dealkylation sites (tertiary alicyclic amines) is 2. The van der Waals surface area contributed by atoms with E-state index in [2.05, 4.69) is 0 Å². The number of hydrogen-bond acceptors (Lipinski definition) is 4. The van der Waals surface area contributed by atoms with E-state index in [9.17, 15) is 19.5 Å². The Labute approximate surface area is 155 Å². The average molecular weight is 367 g/mol. The van der Waals surface area contributed by atoms with Gasteiger partial charge in [0.25, 0.3) is 5.91 Å². The lowest BCUT2D eigenvalue weighted by atomic mass is 9.80. The van der Waals surface area contributed by atoms with Gasteiger partial charge in [-0.25, -0.2) is 0 Å².